The highest BCUT2D eigenvalue weighted by Crippen LogP contribution is 2.28. The smallest absolute Gasteiger partial charge is 0.244 e. The fourth-order valence-corrected chi connectivity index (χ4v) is 2.91. The maximum atomic E-state index is 12.2. The van der Waals surface area contributed by atoms with Gasteiger partial charge in [-0.1, -0.05) is 12.1 Å². The maximum absolute atomic E-state index is 12.2. The Bertz CT molecular complexity index is 1020. The molecule has 0 bridgehead atoms. The summed E-state index contributed by atoms with van der Waals surface area (Å²) >= 11 is 0. The largest absolute Gasteiger partial charge is 0.493 e. The summed E-state index contributed by atoms with van der Waals surface area (Å²) in [4.78, 5) is 24.3. The predicted octanol–water partition coefficient (Wildman–Crippen LogP) is 3.07. The molecule has 8 heteroatoms. The second-order valence-corrected chi connectivity index (χ2v) is 7.05. The molecule has 2 aromatic carbocycles. The van der Waals surface area contributed by atoms with E-state index in [9.17, 15) is 9.59 Å². The average molecular weight is 455 g/mol. The van der Waals surface area contributed by atoms with Crippen molar-refractivity contribution < 1.29 is 28.5 Å². The molecule has 33 heavy (non-hydrogen) atoms. The molecule has 0 aromatic heterocycles. The van der Waals surface area contributed by atoms with E-state index in [1.54, 1.807) is 71.8 Å². The summed E-state index contributed by atoms with van der Waals surface area (Å²) in [6, 6.07) is 10.5. The zero-order chi connectivity index (χ0) is 24.2. The third-order valence-corrected chi connectivity index (χ3v) is 4.64. The Morgan fingerprint density at radius 1 is 0.758 bits per heavy atom. The van der Waals surface area contributed by atoms with Crippen LogP contribution in [0.4, 0.5) is 0 Å². The van der Waals surface area contributed by atoms with Crippen LogP contribution < -0.4 is 29.6 Å². The summed E-state index contributed by atoms with van der Waals surface area (Å²) in [6.07, 6.45) is 6.20. The highest BCUT2D eigenvalue weighted by molar-refractivity contribution is 5.93. The number of methoxy groups -OCH3 is 4. The van der Waals surface area contributed by atoms with Crippen LogP contribution in [0.15, 0.2) is 48.6 Å². The Labute approximate surface area is 194 Å². The van der Waals surface area contributed by atoms with Crippen LogP contribution in [-0.2, 0) is 9.59 Å². The van der Waals surface area contributed by atoms with Crippen LogP contribution in [0.5, 0.6) is 23.0 Å². The van der Waals surface area contributed by atoms with Crippen LogP contribution in [0.3, 0.4) is 0 Å². The van der Waals surface area contributed by atoms with Gasteiger partial charge in [0.1, 0.15) is 0 Å². The number of hydrogen-bond acceptors (Lipinski definition) is 6. The van der Waals surface area contributed by atoms with Gasteiger partial charge in [-0.05, 0) is 54.5 Å². The van der Waals surface area contributed by atoms with Gasteiger partial charge in [-0.3, -0.25) is 9.59 Å². The lowest BCUT2D eigenvalue weighted by molar-refractivity contribution is -0.118. The molecule has 0 aliphatic rings. The quantitative estimate of drug-likeness (QED) is 0.507. The molecule has 0 saturated carbocycles. The minimum absolute atomic E-state index is 0.258. The van der Waals surface area contributed by atoms with Crippen LogP contribution in [0.1, 0.15) is 18.1 Å². The summed E-state index contributed by atoms with van der Waals surface area (Å²) < 4.78 is 20.9. The van der Waals surface area contributed by atoms with Crippen LogP contribution in [-0.4, -0.2) is 52.8 Å². The first-order chi connectivity index (χ1) is 15.9. The number of carbonyl (C=O) groups is 2. The van der Waals surface area contributed by atoms with E-state index < -0.39 is 0 Å². The Balaban J connectivity index is 1.82. The Morgan fingerprint density at radius 3 is 1.67 bits per heavy atom. The predicted molar refractivity (Wildman–Crippen MR) is 128 cm³/mol. The molecule has 2 rings (SSSR count). The van der Waals surface area contributed by atoms with E-state index in [0.29, 0.717) is 23.0 Å². The van der Waals surface area contributed by atoms with E-state index in [2.05, 4.69) is 10.6 Å². The van der Waals surface area contributed by atoms with Crippen molar-refractivity contribution >= 4 is 24.0 Å². The SMILES string of the molecule is COc1ccc(/C=C/C(=O)NC[C@H](C)NC(=O)/C=C/c2ccc(OC)c(OC)c2)cc1OC. The summed E-state index contributed by atoms with van der Waals surface area (Å²) in [5, 5.41) is 5.57. The normalized spacial score (nSPS) is 11.8. The van der Waals surface area contributed by atoms with Crippen LogP contribution >= 0.6 is 0 Å². The highest BCUT2D eigenvalue weighted by Gasteiger charge is 2.07. The zero-order valence-electron chi connectivity index (χ0n) is 19.5. The standard InChI is InChI=1S/C25H30N2O6/c1-17(27-25(29)13-9-19-7-11-21(31-3)23(15-19)33-5)16-26-24(28)12-8-18-6-10-20(30-2)22(14-18)32-4/h6-15,17H,16H2,1-5H3,(H,26,28)(H,27,29)/b12-8+,13-9+/t17-/m0/s1. The number of nitrogens with one attached hydrogen (secondary N) is 2. The topological polar surface area (TPSA) is 95.1 Å². The Morgan fingerprint density at radius 2 is 1.21 bits per heavy atom. The minimum atomic E-state index is -0.272. The van der Waals surface area contributed by atoms with Crippen LogP contribution in [0, 0.1) is 0 Å². The van der Waals surface area contributed by atoms with E-state index in [4.69, 9.17) is 18.9 Å². The van der Waals surface area contributed by atoms with Crippen molar-refractivity contribution in [3.8, 4) is 23.0 Å². The molecule has 8 nitrogen and oxygen atoms in total. The number of hydrogen-bond donors (Lipinski definition) is 2. The molecule has 0 unspecified atom stereocenters. The fourth-order valence-electron chi connectivity index (χ4n) is 2.91. The van der Waals surface area contributed by atoms with Gasteiger partial charge in [-0.15, -0.1) is 0 Å². The van der Waals surface area contributed by atoms with Gasteiger partial charge in [0.25, 0.3) is 0 Å². The van der Waals surface area contributed by atoms with Gasteiger partial charge >= 0.3 is 0 Å². The molecule has 0 fully saturated rings. The van der Waals surface area contributed by atoms with Gasteiger partial charge in [-0.25, -0.2) is 0 Å². The number of rotatable bonds is 11. The van der Waals surface area contributed by atoms with Gasteiger partial charge in [0, 0.05) is 24.7 Å². The Hall–Kier alpha value is -3.94. The van der Waals surface area contributed by atoms with Crippen molar-refractivity contribution in [3.63, 3.8) is 0 Å². The number of carbonyl (C=O) groups excluding carboxylic acids is 2. The Kier molecular flexibility index (Phi) is 9.82. The third kappa shape index (κ3) is 7.92. The van der Waals surface area contributed by atoms with Crippen molar-refractivity contribution in [1.29, 1.82) is 0 Å². The molecule has 0 spiro atoms. The van der Waals surface area contributed by atoms with E-state index >= 15 is 0 Å². The van der Waals surface area contributed by atoms with E-state index in [0.717, 1.165) is 11.1 Å². The summed E-state index contributed by atoms with van der Waals surface area (Å²) in [5.74, 6) is 1.85. The van der Waals surface area contributed by atoms with Crippen molar-refractivity contribution in [2.45, 2.75) is 13.0 Å². The number of amides is 2. The molecule has 0 radical (unpaired) electrons. The van der Waals surface area contributed by atoms with Gasteiger partial charge in [0.05, 0.1) is 28.4 Å². The zero-order valence-corrected chi connectivity index (χ0v) is 19.5. The first kappa shape index (κ1) is 25.3. The van der Waals surface area contributed by atoms with E-state index in [1.807, 2.05) is 12.1 Å². The first-order valence-corrected chi connectivity index (χ1v) is 10.3. The third-order valence-electron chi connectivity index (χ3n) is 4.64. The lowest BCUT2D eigenvalue weighted by Gasteiger charge is -2.13. The van der Waals surface area contributed by atoms with Gasteiger partial charge in [-0.2, -0.15) is 0 Å². The molecule has 2 N–H and O–H groups in total. The molecule has 0 aliphatic heterocycles. The van der Waals surface area contributed by atoms with E-state index in [-0.39, 0.29) is 24.4 Å². The molecule has 2 aromatic rings. The monoisotopic (exact) mass is 454 g/mol. The molecular formula is C25H30N2O6. The minimum Gasteiger partial charge on any atom is -0.493 e. The molecule has 0 saturated heterocycles. The summed E-state index contributed by atoms with van der Waals surface area (Å²) in [7, 11) is 6.23. The van der Waals surface area contributed by atoms with Crippen molar-refractivity contribution in [1.82, 2.24) is 10.6 Å². The van der Waals surface area contributed by atoms with Gasteiger partial charge < -0.3 is 29.6 Å². The molecular weight excluding hydrogens is 424 g/mol. The highest BCUT2D eigenvalue weighted by atomic mass is 16.5. The number of ether oxygens (including phenoxy) is 4. The van der Waals surface area contributed by atoms with Crippen molar-refractivity contribution in [2.75, 3.05) is 35.0 Å². The summed E-state index contributed by atoms with van der Waals surface area (Å²) in [5.41, 5.74) is 1.59. The van der Waals surface area contributed by atoms with Crippen LogP contribution in [0.2, 0.25) is 0 Å². The molecule has 176 valence electrons. The molecule has 0 heterocycles. The fraction of sp³-hybridized carbons (Fsp3) is 0.280. The summed E-state index contributed by atoms with van der Waals surface area (Å²) in [6.45, 7) is 2.09. The first-order valence-electron chi connectivity index (χ1n) is 10.3. The number of benzene rings is 2. The maximum Gasteiger partial charge on any atom is 0.244 e. The van der Waals surface area contributed by atoms with Gasteiger partial charge in [0.2, 0.25) is 11.8 Å². The second kappa shape index (κ2) is 12.8. The molecule has 1 atom stereocenters. The van der Waals surface area contributed by atoms with Crippen molar-refractivity contribution in [2.24, 2.45) is 0 Å². The van der Waals surface area contributed by atoms with Crippen LogP contribution in [0.25, 0.3) is 12.2 Å². The second-order valence-electron chi connectivity index (χ2n) is 7.05. The molecule has 2 amide bonds. The lowest BCUT2D eigenvalue weighted by Crippen LogP contribution is -2.40. The molecule has 0 aliphatic carbocycles. The van der Waals surface area contributed by atoms with Gasteiger partial charge in [0.15, 0.2) is 23.0 Å². The lowest BCUT2D eigenvalue weighted by atomic mass is 10.2. The van der Waals surface area contributed by atoms with Crippen molar-refractivity contribution in [3.05, 3.63) is 59.7 Å². The van der Waals surface area contributed by atoms with E-state index in [1.165, 1.54) is 12.2 Å². The average Bonchev–Trinajstić information content (AvgIpc) is 2.84.